The summed E-state index contributed by atoms with van der Waals surface area (Å²) in [5.41, 5.74) is 2.65. The fraction of sp³-hybridized carbons (Fsp3) is 0.263. The maximum absolute atomic E-state index is 12.5. The van der Waals surface area contributed by atoms with E-state index in [1.807, 2.05) is 49.0 Å². The summed E-state index contributed by atoms with van der Waals surface area (Å²) >= 11 is 1.63. The van der Waals surface area contributed by atoms with Crippen LogP contribution in [0.1, 0.15) is 27.7 Å². The molecule has 0 aliphatic heterocycles. The van der Waals surface area contributed by atoms with Crippen molar-refractivity contribution >= 4 is 17.2 Å². The molecule has 2 heterocycles. The summed E-state index contributed by atoms with van der Waals surface area (Å²) in [6.45, 7) is 2.61. The Kier molecular flexibility index (Phi) is 5.19. The van der Waals surface area contributed by atoms with Gasteiger partial charge >= 0.3 is 0 Å². The number of carbonyl (C=O) groups is 1. The highest BCUT2D eigenvalue weighted by molar-refractivity contribution is 7.10. The lowest BCUT2D eigenvalue weighted by Gasteiger charge is -2.15. The van der Waals surface area contributed by atoms with Gasteiger partial charge < -0.3 is 9.64 Å². The number of aromatic nitrogens is 2. The van der Waals surface area contributed by atoms with Gasteiger partial charge in [0.1, 0.15) is 5.75 Å². The van der Waals surface area contributed by atoms with Crippen LogP contribution in [0, 0.1) is 0 Å². The van der Waals surface area contributed by atoms with Crippen LogP contribution in [-0.4, -0.2) is 34.7 Å². The summed E-state index contributed by atoms with van der Waals surface area (Å²) in [4.78, 5) is 15.5. The first kappa shape index (κ1) is 17.2. The van der Waals surface area contributed by atoms with Crippen molar-refractivity contribution in [1.82, 2.24) is 14.7 Å². The Morgan fingerprint density at radius 2 is 2.20 bits per heavy atom. The molecule has 0 saturated heterocycles. The molecule has 0 N–H and O–H groups in total. The zero-order chi connectivity index (χ0) is 17.8. The van der Waals surface area contributed by atoms with Gasteiger partial charge in [-0.25, -0.2) is 4.68 Å². The zero-order valence-corrected chi connectivity index (χ0v) is 15.4. The monoisotopic (exact) mass is 355 g/mol. The molecule has 3 aromatic rings. The van der Waals surface area contributed by atoms with Crippen molar-refractivity contribution in [3.05, 3.63) is 64.1 Å². The van der Waals surface area contributed by atoms with Crippen LogP contribution in [0.3, 0.4) is 0 Å². The highest BCUT2D eigenvalue weighted by Gasteiger charge is 2.14. The van der Waals surface area contributed by atoms with Gasteiger partial charge in [-0.3, -0.25) is 4.79 Å². The van der Waals surface area contributed by atoms with Gasteiger partial charge in [0.2, 0.25) is 0 Å². The van der Waals surface area contributed by atoms with E-state index >= 15 is 0 Å². The lowest BCUT2D eigenvalue weighted by Crippen LogP contribution is -2.25. The number of methoxy groups -OCH3 is 1. The van der Waals surface area contributed by atoms with Crippen molar-refractivity contribution in [2.75, 3.05) is 14.2 Å². The summed E-state index contributed by atoms with van der Waals surface area (Å²) in [5.74, 6) is 0.816. The molecule has 0 fully saturated rings. The molecule has 3 rings (SSSR count). The number of rotatable bonds is 6. The molecular weight excluding hydrogens is 334 g/mol. The Hall–Kier alpha value is -2.60. The van der Waals surface area contributed by atoms with Crippen molar-refractivity contribution in [3.8, 4) is 11.4 Å². The van der Waals surface area contributed by atoms with E-state index in [0.717, 1.165) is 29.0 Å². The molecule has 0 saturated carbocycles. The first-order chi connectivity index (χ1) is 12.1. The van der Waals surface area contributed by atoms with Crippen molar-refractivity contribution in [2.45, 2.75) is 19.9 Å². The Morgan fingerprint density at radius 3 is 2.92 bits per heavy atom. The number of hydrogen-bond donors (Lipinski definition) is 0. The van der Waals surface area contributed by atoms with E-state index in [4.69, 9.17) is 4.74 Å². The third kappa shape index (κ3) is 3.91. The number of hydrogen-bond acceptors (Lipinski definition) is 4. The number of thiophene rings is 1. The molecule has 0 atom stereocenters. The minimum absolute atomic E-state index is 0.0325. The highest BCUT2D eigenvalue weighted by Crippen LogP contribution is 2.19. The number of ether oxygens (including phenoxy) is 1. The van der Waals surface area contributed by atoms with Crippen LogP contribution in [0.25, 0.3) is 5.69 Å². The maximum Gasteiger partial charge on any atom is 0.254 e. The molecule has 130 valence electrons. The fourth-order valence-corrected chi connectivity index (χ4v) is 3.39. The summed E-state index contributed by atoms with van der Waals surface area (Å²) in [6, 6.07) is 9.68. The first-order valence-corrected chi connectivity index (χ1v) is 8.99. The largest absolute Gasteiger partial charge is 0.497 e. The molecule has 0 aliphatic carbocycles. The molecule has 0 radical (unpaired) electrons. The minimum Gasteiger partial charge on any atom is -0.497 e. The summed E-state index contributed by atoms with van der Waals surface area (Å²) < 4.78 is 7.03. The molecule has 6 heteroatoms. The summed E-state index contributed by atoms with van der Waals surface area (Å²) in [6.07, 6.45) is 4.67. The van der Waals surface area contributed by atoms with Gasteiger partial charge in [-0.15, -0.1) is 11.3 Å². The molecule has 25 heavy (non-hydrogen) atoms. The number of carbonyl (C=O) groups excluding carboxylic acids is 1. The van der Waals surface area contributed by atoms with E-state index in [-0.39, 0.29) is 5.91 Å². The molecular formula is C19H21N3O2S. The normalized spacial score (nSPS) is 10.7. The van der Waals surface area contributed by atoms with Crippen molar-refractivity contribution in [3.63, 3.8) is 0 Å². The lowest BCUT2D eigenvalue weighted by atomic mass is 10.2. The van der Waals surface area contributed by atoms with E-state index in [1.165, 1.54) is 4.88 Å². The Balaban J connectivity index is 1.71. The summed E-state index contributed by atoms with van der Waals surface area (Å²) in [7, 11) is 3.46. The second-order valence-corrected chi connectivity index (χ2v) is 6.81. The Bertz CT molecular complexity index is 869. The van der Waals surface area contributed by atoms with Crippen molar-refractivity contribution in [1.29, 1.82) is 0 Å². The van der Waals surface area contributed by atoms with Gasteiger partial charge in [0.05, 0.1) is 24.6 Å². The average Bonchev–Trinajstić information content (AvgIpc) is 3.30. The second-order valence-electron chi connectivity index (χ2n) is 5.81. The Morgan fingerprint density at radius 1 is 1.36 bits per heavy atom. The van der Waals surface area contributed by atoms with Crippen LogP contribution < -0.4 is 4.74 Å². The zero-order valence-electron chi connectivity index (χ0n) is 14.6. The smallest absolute Gasteiger partial charge is 0.254 e. The van der Waals surface area contributed by atoms with Crippen LogP contribution in [-0.2, 0) is 13.0 Å². The molecule has 0 bridgehead atoms. The van der Waals surface area contributed by atoms with Gasteiger partial charge in [0.25, 0.3) is 5.91 Å². The number of benzene rings is 1. The van der Waals surface area contributed by atoms with E-state index in [9.17, 15) is 4.79 Å². The third-order valence-electron chi connectivity index (χ3n) is 3.97. The van der Waals surface area contributed by atoms with Crippen molar-refractivity contribution in [2.24, 2.45) is 0 Å². The minimum atomic E-state index is 0.0325. The molecule has 0 spiro atoms. The SMILES string of the molecule is CCc1cc(C(=O)N(C)Cc2cnn(-c3cccc(OC)c3)c2)cs1. The van der Waals surface area contributed by atoms with Crippen molar-refractivity contribution < 1.29 is 9.53 Å². The maximum atomic E-state index is 12.5. The molecule has 1 aromatic carbocycles. The number of nitrogens with zero attached hydrogens (tertiary/aromatic N) is 3. The Labute approximate surface area is 151 Å². The van der Waals surface area contributed by atoms with E-state index in [0.29, 0.717) is 6.54 Å². The molecule has 0 aliphatic rings. The fourth-order valence-electron chi connectivity index (χ4n) is 2.58. The molecule has 5 nitrogen and oxygen atoms in total. The lowest BCUT2D eigenvalue weighted by molar-refractivity contribution is 0.0785. The number of amides is 1. The van der Waals surface area contributed by atoms with Gasteiger partial charge in [0.15, 0.2) is 0 Å². The van der Waals surface area contributed by atoms with Gasteiger partial charge in [0, 0.05) is 41.7 Å². The predicted octanol–water partition coefficient (Wildman–Crippen LogP) is 3.78. The van der Waals surface area contributed by atoms with Crippen LogP contribution in [0.15, 0.2) is 48.1 Å². The highest BCUT2D eigenvalue weighted by atomic mass is 32.1. The van der Waals surface area contributed by atoms with Crippen LogP contribution in [0.5, 0.6) is 5.75 Å². The molecule has 0 unspecified atom stereocenters. The number of aryl methyl sites for hydroxylation is 1. The van der Waals surface area contributed by atoms with Gasteiger partial charge in [-0.05, 0) is 24.6 Å². The van der Waals surface area contributed by atoms with Gasteiger partial charge in [-0.2, -0.15) is 5.10 Å². The van der Waals surface area contributed by atoms with E-state index in [2.05, 4.69) is 12.0 Å². The van der Waals surface area contributed by atoms with Crippen LogP contribution in [0.2, 0.25) is 0 Å². The van der Waals surface area contributed by atoms with E-state index < -0.39 is 0 Å². The molecule has 2 aromatic heterocycles. The topological polar surface area (TPSA) is 47.4 Å². The quantitative estimate of drug-likeness (QED) is 0.676. The molecule has 1 amide bonds. The first-order valence-electron chi connectivity index (χ1n) is 8.11. The van der Waals surface area contributed by atoms with Crippen LogP contribution in [0.4, 0.5) is 0 Å². The van der Waals surface area contributed by atoms with E-state index in [1.54, 1.807) is 34.2 Å². The average molecular weight is 355 g/mol. The predicted molar refractivity (Wildman–Crippen MR) is 99.6 cm³/mol. The third-order valence-corrected chi connectivity index (χ3v) is 5.05. The standard InChI is InChI=1S/C19H21N3O2S/c1-4-18-8-15(13-25-18)19(23)21(2)11-14-10-20-22(12-14)16-6-5-7-17(9-16)24-3/h5-10,12-13H,4,11H2,1-3H3. The second kappa shape index (κ2) is 7.53. The van der Waals surface area contributed by atoms with Crippen LogP contribution >= 0.6 is 11.3 Å². The van der Waals surface area contributed by atoms with Gasteiger partial charge in [-0.1, -0.05) is 13.0 Å². The summed E-state index contributed by atoms with van der Waals surface area (Å²) in [5, 5.41) is 6.32.